The van der Waals surface area contributed by atoms with Gasteiger partial charge in [0.15, 0.2) is 0 Å². The van der Waals surface area contributed by atoms with Gasteiger partial charge < -0.3 is 25.5 Å². The second kappa shape index (κ2) is 9.33. The van der Waals surface area contributed by atoms with Crippen LogP contribution < -0.4 is 0 Å². The third-order valence-corrected chi connectivity index (χ3v) is 5.45. The minimum Gasteiger partial charge on any atom is -0.507 e. The number of halogens is 3. The van der Waals surface area contributed by atoms with Crippen LogP contribution in [-0.2, 0) is 26.1 Å². The molecule has 8 heteroatoms. The lowest BCUT2D eigenvalue weighted by molar-refractivity contribution is 0.275. The molecule has 0 aromatic heterocycles. The molecule has 0 bridgehead atoms. The molecule has 5 nitrogen and oxygen atoms in total. The maximum atomic E-state index is 10.8. The van der Waals surface area contributed by atoms with E-state index in [9.17, 15) is 25.5 Å². The van der Waals surface area contributed by atoms with Crippen molar-refractivity contribution >= 4 is 34.8 Å². The van der Waals surface area contributed by atoms with E-state index in [0.29, 0.717) is 37.3 Å². The van der Waals surface area contributed by atoms with E-state index in [1.165, 1.54) is 12.1 Å². The van der Waals surface area contributed by atoms with Crippen LogP contribution in [0, 0.1) is 0 Å². The monoisotopic (exact) mass is 468 g/mol. The molecule has 30 heavy (non-hydrogen) atoms. The zero-order valence-electron chi connectivity index (χ0n) is 15.7. The van der Waals surface area contributed by atoms with E-state index >= 15 is 0 Å². The highest BCUT2D eigenvalue weighted by Gasteiger charge is 2.17. The molecule has 0 unspecified atom stereocenters. The molecule has 0 spiro atoms. The van der Waals surface area contributed by atoms with Crippen LogP contribution >= 0.6 is 34.8 Å². The molecule has 0 aliphatic heterocycles. The Morgan fingerprint density at radius 3 is 0.967 bits per heavy atom. The van der Waals surface area contributed by atoms with Crippen LogP contribution in [0.4, 0.5) is 0 Å². The lowest BCUT2D eigenvalue weighted by Crippen LogP contribution is -1.98. The molecule has 5 N–H and O–H groups in total. The van der Waals surface area contributed by atoms with Crippen LogP contribution in [-0.4, -0.2) is 25.5 Å². The van der Waals surface area contributed by atoms with Crippen molar-refractivity contribution in [3.63, 3.8) is 0 Å². The molecule has 0 aliphatic rings. The Labute approximate surface area is 188 Å². The van der Waals surface area contributed by atoms with E-state index in [1.54, 1.807) is 24.3 Å². The van der Waals surface area contributed by atoms with Gasteiger partial charge in [0.1, 0.15) is 17.2 Å². The molecule has 158 valence electrons. The standard InChI is InChI=1S/C22H19Cl3O5/c23-17-3-11(1-13-5-18(24)7-15(9-26)21(13)29)20(28)12(4-17)2-14-6-19(25)8-16(10-27)22(14)30/h3-8,26-30H,1-2,9-10H2. The summed E-state index contributed by atoms with van der Waals surface area (Å²) >= 11 is 18.4. The molecule has 0 fully saturated rings. The van der Waals surface area contributed by atoms with Gasteiger partial charge in [-0.05, 0) is 36.4 Å². The van der Waals surface area contributed by atoms with Gasteiger partial charge in [0.25, 0.3) is 0 Å². The Morgan fingerprint density at radius 2 is 0.700 bits per heavy atom. The molecule has 3 rings (SSSR count). The quantitative estimate of drug-likeness (QED) is 0.352. The summed E-state index contributed by atoms with van der Waals surface area (Å²) < 4.78 is 0. The molecule has 0 radical (unpaired) electrons. The third kappa shape index (κ3) is 4.77. The Hall–Kier alpha value is -2.15. The number of phenolic OH excluding ortho intramolecular Hbond substituents is 1. The molecule has 0 saturated heterocycles. The zero-order chi connectivity index (χ0) is 22.0. The van der Waals surface area contributed by atoms with Crippen molar-refractivity contribution in [2.24, 2.45) is 0 Å². The fourth-order valence-corrected chi connectivity index (χ4v) is 4.13. The summed E-state index contributed by atoms with van der Waals surface area (Å²) in [6, 6.07) is 9.15. The summed E-state index contributed by atoms with van der Waals surface area (Å²) in [6.45, 7) is -0.763. The fraction of sp³-hybridized carbons (Fsp3) is 0.182. The first-order chi connectivity index (χ1) is 14.2. The summed E-state index contributed by atoms with van der Waals surface area (Å²) in [4.78, 5) is 0. The minimum absolute atomic E-state index is 0.0609. The van der Waals surface area contributed by atoms with Crippen LogP contribution in [0.1, 0.15) is 33.4 Å². The van der Waals surface area contributed by atoms with Gasteiger partial charge in [-0.25, -0.2) is 0 Å². The smallest absolute Gasteiger partial charge is 0.124 e. The third-order valence-electron chi connectivity index (χ3n) is 4.80. The maximum Gasteiger partial charge on any atom is 0.124 e. The average molecular weight is 470 g/mol. The molecular weight excluding hydrogens is 451 g/mol. The largest absolute Gasteiger partial charge is 0.507 e. The first-order valence-electron chi connectivity index (χ1n) is 8.96. The van der Waals surface area contributed by atoms with Gasteiger partial charge in [0, 0.05) is 61.3 Å². The highest BCUT2D eigenvalue weighted by molar-refractivity contribution is 6.31. The molecule has 0 heterocycles. The topological polar surface area (TPSA) is 101 Å². The van der Waals surface area contributed by atoms with E-state index in [1.807, 2.05) is 0 Å². The summed E-state index contributed by atoms with van der Waals surface area (Å²) in [5.74, 6) is -0.278. The Bertz CT molecular complexity index is 1020. The second-order valence-corrected chi connectivity index (χ2v) is 8.20. The molecule has 0 amide bonds. The normalized spacial score (nSPS) is 11.1. The first kappa shape index (κ1) is 22.5. The van der Waals surface area contributed by atoms with E-state index in [-0.39, 0.29) is 54.4 Å². The van der Waals surface area contributed by atoms with Crippen molar-refractivity contribution < 1.29 is 25.5 Å². The molecule has 3 aromatic carbocycles. The predicted octanol–water partition coefficient (Wildman–Crippen LogP) is 4.93. The number of aromatic hydroxyl groups is 3. The Balaban J connectivity index is 2.02. The van der Waals surface area contributed by atoms with E-state index in [0.717, 1.165) is 0 Å². The van der Waals surface area contributed by atoms with Crippen molar-refractivity contribution in [1.82, 2.24) is 0 Å². The first-order valence-corrected chi connectivity index (χ1v) is 10.1. The zero-order valence-corrected chi connectivity index (χ0v) is 17.9. The van der Waals surface area contributed by atoms with Crippen molar-refractivity contribution in [1.29, 1.82) is 0 Å². The SMILES string of the molecule is OCc1cc(Cl)cc(Cc2cc(Cl)cc(Cc3cc(Cl)cc(CO)c3O)c2O)c1O. The van der Waals surface area contributed by atoms with Crippen molar-refractivity contribution in [2.75, 3.05) is 0 Å². The van der Waals surface area contributed by atoms with Crippen LogP contribution in [0.3, 0.4) is 0 Å². The summed E-state index contributed by atoms with van der Waals surface area (Å²) in [5, 5.41) is 51.4. The molecule has 0 saturated carbocycles. The van der Waals surface area contributed by atoms with Gasteiger partial charge in [-0.1, -0.05) is 34.8 Å². The van der Waals surface area contributed by atoms with Crippen molar-refractivity contribution in [3.8, 4) is 17.2 Å². The maximum absolute atomic E-state index is 10.8. The van der Waals surface area contributed by atoms with Crippen LogP contribution in [0.2, 0.25) is 15.1 Å². The van der Waals surface area contributed by atoms with Gasteiger partial charge in [0.05, 0.1) is 13.2 Å². The lowest BCUT2D eigenvalue weighted by Gasteiger charge is -2.15. The summed E-state index contributed by atoms with van der Waals surface area (Å²) in [6.07, 6.45) is 0.227. The minimum atomic E-state index is -0.382. The number of benzene rings is 3. The molecule has 0 atom stereocenters. The van der Waals surface area contributed by atoms with Crippen molar-refractivity contribution in [2.45, 2.75) is 26.1 Å². The van der Waals surface area contributed by atoms with Gasteiger partial charge >= 0.3 is 0 Å². The Kier molecular flexibility index (Phi) is 7.01. The number of aliphatic hydroxyl groups is 2. The van der Waals surface area contributed by atoms with Crippen LogP contribution in [0.15, 0.2) is 36.4 Å². The highest BCUT2D eigenvalue weighted by Crippen LogP contribution is 2.37. The number of hydrogen-bond donors (Lipinski definition) is 5. The summed E-state index contributed by atoms with van der Waals surface area (Å²) in [7, 11) is 0. The highest BCUT2D eigenvalue weighted by atomic mass is 35.5. The van der Waals surface area contributed by atoms with Crippen LogP contribution in [0.5, 0.6) is 17.2 Å². The molecule has 3 aromatic rings. The van der Waals surface area contributed by atoms with E-state index in [2.05, 4.69) is 0 Å². The average Bonchev–Trinajstić information content (AvgIpc) is 2.70. The van der Waals surface area contributed by atoms with Gasteiger partial charge in [-0.3, -0.25) is 0 Å². The molecular formula is C22H19Cl3O5. The van der Waals surface area contributed by atoms with E-state index < -0.39 is 0 Å². The fourth-order valence-electron chi connectivity index (χ4n) is 3.34. The van der Waals surface area contributed by atoms with Crippen molar-refractivity contribution in [3.05, 3.63) is 84.8 Å². The predicted molar refractivity (Wildman–Crippen MR) is 117 cm³/mol. The Morgan fingerprint density at radius 1 is 0.467 bits per heavy atom. The van der Waals surface area contributed by atoms with Gasteiger partial charge in [0.2, 0.25) is 0 Å². The number of rotatable bonds is 6. The van der Waals surface area contributed by atoms with Gasteiger partial charge in [-0.2, -0.15) is 0 Å². The van der Waals surface area contributed by atoms with Crippen LogP contribution in [0.25, 0.3) is 0 Å². The number of phenols is 3. The summed E-state index contributed by atoms with van der Waals surface area (Å²) in [5.41, 5.74) is 2.26. The second-order valence-electron chi connectivity index (χ2n) is 6.89. The molecule has 0 aliphatic carbocycles. The lowest BCUT2D eigenvalue weighted by atomic mass is 9.95. The number of hydrogen-bond acceptors (Lipinski definition) is 5. The van der Waals surface area contributed by atoms with Gasteiger partial charge in [-0.15, -0.1) is 0 Å². The van der Waals surface area contributed by atoms with E-state index in [4.69, 9.17) is 34.8 Å². The number of aliphatic hydroxyl groups excluding tert-OH is 2.